The van der Waals surface area contributed by atoms with Gasteiger partial charge in [-0.05, 0) is 0 Å². The van der Waals surface area contributed by atoms with Crippen LogP contribution in [0, 0.1) is 35.9 Å². The summed E-state index contributed by atoms with van der Waals surface area (Å²) >= 11 is 0. The van der Waals surface area contributed by atoms with Gasteiger partial charge in [-0.15, -0.1) is 5.11 Å². The molecule has 94 valence electrons. The predicted molar refractivity (Wildman–Crippen MR) is 52.9 cm³/mol. The zero-order chi connectivity index (χ0) is 14.0. The van der Waals surface area contributed by atoms with Crippen LogP contribution in [0.4, 0.5) is 22.7 Å². The second-order valence-corrected chi connectivity index (χ2v) is 2.84. The van der Waals surface area contributed by atoms with E-state index < -0.39 is 43.3 Å². The molecule has 0 saturated heterocycles. The molecule has 0 aliphatic carbocycles. The fraction of sp³-hybridized carbons (Fsp3) is 0. The van der Waals surface area contributed by atoms with Gasteiger partial charge in [0.05, 0.1) is 14.8 Å². The first-order valence-corrected chi connectivity index (χ1v) is 4.01. The topological polar surface area (TPSA) is 186 Å². The van der Waals surface area contributed by atoms with E-state index in [2.05, 4.69) is 5.11 Å². The number of nitro benzene ring substituents is 3. The Morgan fingerprint density at radius 3 is 1.89 bits per heavy atom. The highest BCUT2D eigenvalue weighted by atomic mass is 16.6. The van der Waals surface area contributed by atoms with Gasteiger partial charge in [-0.25, -0.2) is 5.53 Å². The van der Waals surface area contributed by atoms with E-state index in [1.807, 2.05) is 0 Å². The molecule has 0 saturated carbocycles. The molecular formula is C6H3N5O7. The average Bonchev–Trinajstić information content (AvgIpc) is 2.26. The van der Waals surface area contributed by atoms with Gasteiger partial charge in [0.15, 0.2) is 0 Å². The minimum absolute atomic E-state index is 0.301. The molecule has 0 amide bonds. The van der Waals surface area contributed by atoms with Crippen molar-refractivity contribution in [2.24, 2.45) is 5.11 Å². The van der Waals surface area contributed by atoms with Gasteiger partial charge in [0.1, 0.15) is 6.07 Å². The summed E-state index contributed by atoms with van der Waals surface area (Å²) in [5.74, 6) is -1.39. The zero-order valence-electron chi connectivity index (χ0n) is 8.26. The first kappa shape index (κ1) is 12.9. The molecule has 0 aliphatic rings. The summed E-state index contributed by atoms with van der Waals surface area (Å²) in [5, 5.41) is 43.5. The molecular weight excluding hydrogens is 254 g/mol. The van der Waals surface area contributed by atoms with Gasteiger partial charge < -0.3 is 5.11 Å². The molecule has 0 unspecified atom stereocenters. The summed E-state index contributed by atoms with van der Waals surface area (Å²) in [6, 6.07) is 0.301. The normalized spacial score (nSPS) is 9.78. The molecule has 0 fully saturated rings. The summed E-state index contributed by atoms with van der Waals surface area (Å²) in [6.07, 6.45) is 0. The molecule has 0 spiro atoms. The Balaban J connectivity index is 3.87. The predicted octanol–water partition coefficient (Wildman–Crippen LogP) is 1.78. The third-order valence-corrected chi connectivity index (χ3v) is 1.90. The van der Waals surface area contributed by atoms with E-state index >= 15 is 0 Å². The standard InChI is InChI=1S/C6H3N5O7/c7-8-4-2(9(13)14)1-3(10(15)16)6(12)5(4)11(17)18/h1,7,12H. The number of phenolic OH excluding ortho intramolecular Hbond substituents is 1. The summed E-state index contributed by atoms with van der Waals surface area (Å²) in [5.41, 5.74) is 1.89. The monoisotopic (exact) mass is 257 g/mol. The molecule has 12 heteroatoms. The third-order valence-electron chi connectivity index (χ3n) is 1.90. The number of nitrogens with zero attached hydrogens (tertiary/aromatic N) is 4. The molecule has 0 bridgehead atoms. The lowest BCUT2D eigenvalue weighted by Gasteiger charge is -2.01. The number of hydrogen-bond acceptors (Lipinski definition) is 9. The van der Waals surface area contributed by atoms with Crippen LogP contribution in [-0.2, 0) is 0 Å². The van der Waals surface area contributed by atoms with Crippen LogP contribution in [0.3, 0.4) is 0 Å². The molecule has 0 aromatic heterocycles. The quantitative estimate of drug-likeness (QED) is 0.466. The van der Waals surface area contributed by atoms with Crippen LogP contribution >= 0.6 is 0 Å². The SMILES string of the molecule is N=Nc1c([N+](=O)[O-])cc([N+](=O)[O-])c(O)c1[N+](=O)[O-]. The Kier molecular flexibility index (Phi) is 3.12. The Morgan fingerprint density at radius 1 is 1.06 bits per heavy atom. The molecule has 0 radical (unpaired) electrons. The van der Waals surface area contributed by atoms with Gasteiger partial charge in [0.2, 0.25) is 5.69 Å². The van der Waals surface area contributed by atoms with Crippen molar-refractivity contribution >= 4 is 22.7 Å². The van der Waals surface area contributed by atoms with E-state index in [0.29, 0.717) is 6.07 Å². The highest BCUT2D eigenvalue weighted by Gasteiger charge is 2.37. The van der Waals surface area contributed by atoms with Crippen LogP contribution in [0.25, 0.3) is 0 Å². The number of hydrogen-bond donors (Lipinski definition) is 2. The Labute approximate surface area is 96.4 Å². The maximum Gasteiger partial charge on any atom is 0.352 e. The van der Waals surface area contributed by atoms with E-state index in [9.17, 15) is 35.4 Å². The van der Waals surface area contributed by atoms with E-state index in [-0.39, 0.29) is 0 Å². The van der Waals surface area contributed by atoms with Crippen LogP contribution in [0.2, 0.25) is 0 Å². The minimum atomic E-state index is -1.39. The summed E-state index contributed by atoms with van der Waals surface area (Å²) < 4.78 is 0. The van der Waals surface area contributed by atoms with Crippen LogP contribution < -0.4 is 0 Å². The highest BCUT2D eigenvalue weighted by molar-refractivity contribution is 5.80. The van der Waals surface area contributed by atoms with Gasteiger partial charge in [-0.2, -0.15) is 0 Å². The molecule has 0 heterocycles. The molecule has 0 aliphatic heterocycles. The summed E-state index contributed by atoms with van der Waals surface area (Å²) in [6.45, 7) is 0. The second-order valence-electron chi connectivity index (χ2n) is 2.84. The first-order valence-electron chi connectivity index (χ1n) is 4.01. The number of benzene rings is 1. The van der Waals surface area contributed by atoms with Crippen molar-refractivity contribution in [1.29, 1.82) is 5.53 Å². The maximum absolute atomic E-state index is 10.6. The van der Waals surface area contributed by atoms with Crippen molar-refractivity contribution in [3.8, 4) is 5.75 Å². The van der Waals surface area contributed by atoms with Crippen molar-refractivity contribution in [2.75, 3.05) is 0 Å². The Morgan fingerprint density at radius 2 is 1.56 bits per heavy atom. The lowest BCUT2D eigenvalue weighted by Crippen LogP contribution is -1.98. The zero-order valence-corrected chi connectivity index (χ0v) is 8.26. The van der Waals surface area contributed by atoms with Crippen molar-refractivity contribution in [3.05, 3.63) is 36.4 Å². The van der Waals surface area contributed by atoms with Crippen LogP contribution in [0.5, 0.6) is 5.75 Å². The minimum Gasteiger partial charge on any atom is -0.497 e. The van der Waals surface area contributed by atoms with Crippen molar-refractivity contribution in [2.45, 2.75) is 0 Å². The first-order chi connectivity index (χ1) is 8.31. The number of rotatable bonds is 4. The van der Waals surface area contributed by atoms with Crippen LogP contribution in [0.15, 0.2) is 11.2 Å². The molecule has 18 heavy (non-hydrogen) atoms. The van der Waals surface area contributed by atoms with E-state index in [1.165, 1.54) is 0 Å². The molecule has 1 aromatic carbocycles. The van der Waals surface area contributed by atoms with Gasteiger partial charge >= 0.3 is 17.1 Å². The number of aromatic hydroxyl groups is 1. The fourth-order valence-electron chi connectivity index (χ4n) is 1.18. The molecule has 1 aromatic rings. The van der Waals surface area contributed by atoms with E-state index in [1.54, 1.807) is 0 Å². The third kappa shape index (κ3) is 1.89. The number of nitro groups is 3. The van der Waals surface area contributed by atoms with Gasteiger partial charge in [0.25, 0.3) is 5.75 Å². The Bertz CT molecular complexity index is 582. The molecule has 12 nitrogen and oxygen atoms in total. The van der Waals surface area contributed by atoms with Crippen LogP contribution in [-0.4, -0.2) is 19.9 Å². The second kappa shape index (κ2) is 4.36. The largest absolute Gasteiger partial charge is 0.497 e. The van der Waals surface area contributed by atoms with Crippen molar-refractivity contribution < 1.29 is 19.9 Å². The van der Waals surface area contributed by atoms with E-state index in [4.69, 9.17) is 5.53 Å². The molecule has 2 N–H and O–H groups in total. The van der Waals surface area contributed by atoms with Gasteiger partial charge in [0, 0.05) is 0 Å². The lowest BCUT2D eigenvalue weighted by molar-refractivity contribution is -0.403. The fourth-order valence-corrected chi connectivity index (χ4v) is 1.18. The smallest absolute Gasteiger partial charge is 0.352 e. The van der Waals surface area contributed by atoms with E-state index in [0.717, 1.165) is 0 Å². The number of nitrogens with one attached hydrogen (secondary N) is 1. The average molecular weight is 257 g/mol. The summed E-state index contributed by atoms with van der Waals surface area (Å²) in [7, 11) is 0. The molecule has 0 atom stereocenters. The van der Waals surface area contributed by atoms with Crippen molar-refractivity contribution in [3.63, 3.8) is 0 Å². The summed E-state index contributed by atoms with van der Waals surface area (Å²) in [4.78, 5) is 28.0. The number of phenols is 1. The van der Waals surface area contributed by atoms with Gasteiger partial charge in [-0.3, -0.25) is 30.3 Å². The van der Waals surface area contributed by atoms with Crippen molar-refractivity contribution in [1.82, 2.24) is 0 Å². The maximum atomic E-state index is 10.6. The van der Waals surface area contributed by atoms with Gasteiger partial charge in [-0.1, -0.05) is 0 Å². The molecule has 1 rings (SSSR count). The van der Waals surface area contributed by atoms with Crippen LogP contribution in [0.1, 0.15) is 0 Å². The lowest BCUT2D eigenvalue weighted by atomic mass is 10.2. The highest BCUT2D eigenvalue weighted by Crippen LogP contribution is 2.48. The Hall–Kier alpha value is -3.18.